The van der Waals surface area contributed by atoms with Gasteiger partial charge in [-0.15, -0.1) is 11.3 Å². The topological polar surface area (TPSA) is 106 Å². The first kappa shape index (κ1) is 15.4. The molecule has 0 saturated heterocycles. The van der Waals surface area contributed by atoms with Crippen LogP contribution in [0.2, 0.25) is 0 Å². The zero-order valence-electron chi connectivity index (χ0n) is 12.4. The fourth-order valence-corrected chi connectivity index (χ4v) is 3.43. The molecule has 0 aromatic carbocycles. The maximum atomic E-state index is 12.2. The summed E-state index contributed by atoms with van der Waals surface area (Å²) in [5.41, 5.74) is -1.29. The summed E-state index contributed by atoms with van der Waals surface area (Å²) in [5.74, 6) is -0.395. The molecule has 1 saturated carbocycles. The molecule has 120 valence electrons. The SMILES string of the molecule is N#CC1(NC(=O)Cn2nnn(-c3cccs3)c2=O)CCCCC1. The van der Waals surface area contributed by atoms with Crippen molar-refractivity contribution in [2.45, 2.75) is 44.2 Å². The van der Waals surface area contributed by atoms with Gasteiger partial charge in [0.2, 0.25) is 5.91 Å². The quantitative estimate of drug-likeness (QED) is 0.893. The molecule has 0 radical (unpaired) electrons. The Morgan fingerprint density at radius 1 is 1.39 bits per heavy atom. The Labute approximate surface area is 136 Å². The molecule has 1 amide bonds. The normalized spacial score (nSPS) is 16.7. The lowest BCUT2D eigenvalue weighted by Crippen LogP contribution is -2.50. The van der Waals surface area contributed by atoms with Crippen molar-refractivity contribution < 1.29 is 4.79 Å². The Morgan fingerprint density at radius 2 is 2.17 bits per heavy atom. The summed E-state index contributed by atoms with van der Waals surface area (Å²) in [7, 11) is 0. The van der Waals surface area contributed by atoms with Crippen molar-refractivity contribution in [3.63, 3.8) is 0 Å². The summed E-state index contributed by atoms with van der Waals surface area (Å²) in [4.78, 5) is 24.4. The molecule has 0 atom stereocenters. The molecule has 0 bridgehead atoms. The first-order valence-corrected chi connectivity index (χ1v) is 8.30. The molecule has 2 aromatic heterocycles. The lowest BCUT2D eigenvalue weighted by molar-refractivity contribution is -0.123. The smallest absolute Gasteiger partial charge is 0.336 e. The van der Waals surface area contributed by atoms with E-state index in [1.54, 1.807) is 12.1 Å². The molecule has 1 aliphatic rings. The van der Waals surface area contributed by atoms with E-state index in [-0.39, 0.29) is 6.54 Å². The molecule has 1 fully saturated rings. The van der Waals surface area contributed by atoms with E-state index in [4.69, 9.17) is 0 Å². The number of nitrogens with zero attached hydrogens (tertiary/aromatic N) is 5. The average molecular weight is 332 g/mol. The van der Waals surface area contributed by atoms with Gasteiger partial charge in [-0.05, 0) is 40.8 Å². The van der Waals surface area contributed by atoms with Crippen molar-refractivity contribution in [3.8, 4) is 11.1 Å². The molecular weight excluding hydrogens is 316 g/mol. The molecule has 0 spiro atoms. The number of nitrogens with one attached hydrogen (secondary N) is 1. The van der Waals surface area contributed by atoms with Gasteiger partial charge >= 0.3 is 5.69 Å². The Morgan fingerprint density at radius 3 is 2.83 bits per heavy atom. The number of tetrazole rings is 1. The number of hydrogen-bond donors (Lipinski definition) is 1. The van der Waals surface area contributed by atoms with E-state index in [0.717, 1.165) is 28.6 Å². The van der Waals surface area contributed by atoms with E-state index in [2.05, 4.69) is 21.8 Å². The predicted octanol–water partition coefficient (Wildman–Crippen LogP) is 0.833. The van der Waals surface area contributed by atoms with Crippen molar-refractivity contribution in [1.29, 1.82) is 5.26 Å². The van der Waals surface area contributed by atoms with Gasteiger partial charge in [-0.1, -0.05) is 19.3 Å². The van der Waals surface area contributed by atoms with Gasteiger partial charge in [-0.3, -0.25) is 4.79 Å². The average Bonchev–Trinajstić information content (AvgIpc) is 3.19. The number of rotatable bonds is 4. The summed E-state index contributed by atoms with van der Waals surface area (Å²) in [5, 5.41) is 22.1. The zero-order chi connectivity index (χ0) is 16.3. The third-order valence-corrected chi connectivity index (χ3v) is 4.79. The van der Waals surface area contributed by atoms with Gasteiger partial charge < -0.3 is 5.32 Å². The van der Waals surface area contributed by atoms with E-state index in [0.29, 0.717) is 17.8 Å². The standard InChI is InChI=1S/C14H16N6O2S/c15-10-14(6-2-1-3-7-14)16-11(21)9-19-13(22)20(18-17-19)12-5-4-8-23-12/h4-5,8H,1-3,6-7,9H2,(H,16,21). The molecule has 9 heteroatoms. The highest BCUT2D eigenvalue weighted by molar-refractivity contribution is 7.12. The van der Waals surface area contributed by atoms with Crippen LogP contribution in [-0.2, 0) is 11.3 Å². The monoisotopic (exact) mass is 332 g/mol. The van der Waals surface area contributed by atoms with Gasteiger partial charge in [0, 0.05) is 0 Å². The van der Waals surface area contributed by atoms with Crippen molar-refractivity contribution in [3.05, 3.63) is 28.0 Å². The molecule has 0 aliphatic heterocycles. The van der Waals surface area contributed by atoms with Crippen LogP contribution in [0, 0.1) is 11.3 Å². The minimum absolute atomic E-state index is 0.242. The Kier molecular flexibility index (Phi) is 4.25. The number of hydrogen-bond acceptors (Lipinski definition) is 6. The molecule has 0 unspecified atom stereocenters. The summed E-state index contributed by atoms with van der Waals surface area (Å²) < 4.78 is 2.15. The summed E-state index contributed by atoms with van der Waals surface area (Å²) in [6.45, 7) is -0.242. The lowest BCUT2D eigenvalue weighted by atomic mass is 9.83. The van der Waals surface area contributed by atoms with Crippen molar-refractivity contribution >= 4 is 17.2 Å². The van der Waals surface area contributed by atoms with E-state index < -0.39 is 17.1 Å². The highest BCUT2D eigenvalue weighted by atomic mass is 32.1. The van der Waals surface area contributed by atoms with Crippen LogP contribution in [0.1, 0.15) is 32.1 Å². The second-order valence-electron chi connectivity index (χ2n) is 5.58. The Balaban J connectivity index is 1.71. The molecule has 8 nitrogen and oxygen atoms in total. The summed E-state index contributed by atoms with van der Waals surface area (Å²) >= 11 is 1.36. The second-order valence-corrected chi connectivity index (χ2v) is 6.51. The van der Waals surface area contributed by atoms with Crippen LogP contribution in [0.15, 0.2) is 22.3 Å². The number of thiophene rings is 1. The van der Waals surface area contributed by atoms with Crippen LogP contribution in [-0.4, -0.2) is 31.2 Å². The number of aromatic nitrogens is 4. The van der Waals surface area contributed by atoms with E-state index in [9.17, 15) is 14.9 Å². The highest BCUT2D eigenvalue weighted by Crippen LogP contribution is 2.27. The maximum Gasteiger partial charge on any atom is 0.369 e. The largest absolute Gasteiger partial charge is 0.369 e. The molecular formula is C14H16N6O2S. The van der Waals surface area contributed by atoms with Gasteiger partial charge in [0.25, 0.3) is 0 Å². The summed E-state index contributed by atoms with van der Waals surface area (Å²) in [6, 6.07) is 5.77. The first-order chi connectivity index (χ1) is 11.1. The van der Waals surface area contributed by atoms with Crippen molar-refractivity contribution in [1.82, 2.24) is 25.1 Å². The van der Waals surface area contributed by atoms with E-state index >= 15 is 0 Å². The molecule has 3 rings (SSSR count). The molecule has 2 heterocycles. The van der Waals surface area contributed by atoms with Crippen LogP contribution >= 0.6 is 11.3 Å². The van der Waals surface area contributed by atoms with Gasteiger partial charge in [0.1, 0.15) is 17.1 Å². The molecule has 23 heavy (non-hydrogen) atoms. The first-order valence-electron chi connectivity index (χ1n) is 7.42. The van der Waals surface area contributed by atoms with Gasteiger partial charge in [0.05, 0.1) is 6.07 Å². The molecule has 2 aromatic rings. The number of carbonyl (C=O) groups excluding carboxylic acids is 1. The zero-order valence-corrected chi connectivity index (χ0v) is 13.3. The highest BCUT2D eigenvalue weighted by Gasteiger charge is 2.33. The van der Waals surface area contributed by atoms with Crippen LogP contribution in [0.25, 0.3) is 5.00 Å². The van der Waals surface area contributed by atoms with E-state index in [1.165, 1.54) is 11.3 Å². The predicted molar refractivity (Wildman–Crippen MR) is 83.1 cm³/mol. The Bertz CT molecular complexity index is 779. The van der Waals surface area contributed by atoms with Crippen LogP contribution < -0.4 is 11.0 Å². The van der Waals surface area contributed by atoms with Gasteiger partial charge in [-0.2, -0.15) is 14.6 Å². The number of carbonyl (C=O) groups is 1. The fraction of sp³-hybridized carbons (Fsp3) is 0.500. The van der Waals surface area contributed by atoms with Gasteiger partial charge in [-0.25, -0.2) is 4.79 Å². The third-order valence-electron chi connectivity index (χ3n) is 3.95. The minimum Gasteiger partial charge on any atom is -0.336 e. The molecule has 1 N–H and O–H groups in total. The third kappa shape index (κ3) is 3.17. The van der Waals surface area contributed by atoms with E-state index in [1.807, 2.05) is 5.38 Å². The Hall–Kier alpha value is -2.47. The van der Waals surface area contributed by atoms with Gasteiger partial charge in [0.15, 0.2) is 0 Å². The summed E-state index contributed by atoms with van der Waals surface area (Å²) in [6.07, 6.45) is 4.21. The number of amides is 1. The maximum absolute atomic E-state index is 12.2. The van der Waals surface area contributed by atoms with Crippen LogP contribution in [0.3, 0.4) is 0 Å². The molecule has 1 aliphatic carbocycles. The number of nitriles is 1. The van der Waals surface area contributed by atoms with Crippen molar-refractivity contribution in [2.75, 3.05) is 0 Å². The van der Waals surface area contributed by atoms with Crippen molar-refractivity contribution in [2.24, 2.45) is 0 Å². The fourth-order valence-electron chi connectivity index (χ4n) is 2.76. The van der Waals surface area contributed by atoms with Crippen LogP contribution in [0.4, 0.5) is 0 Å². The minimum atomic E-state index is -0.817. The second kappa shape index (κ2) is 6.34. The lowest BCUT2D eigenvalue weighted by Gasteiger charge is -2.31. The van der Waals surface area contributed by atoms with Crippen LogP contribution in [0.5, 0.6) is 0 Å².